The molecule has 1 heterocycles. The lowest BCUT2D eigenvalue weighted by Gasteiger charge is -2.16. The van der Waals surface area contributed by atoms with Crippen molar-refractivity contribution in [3.8, 4) is 0 Å². The van der Waals surface area contributed by atoms with Crippen LogP contribution in [0.2, 0.25) is 0 Å². The van der Waals surface area contributed by atoms with Crippen molar-refractivity contribution in [2.24, 2.45) is 5.84 Å². The Kier molecular flexibility index (Phi) is 4.77. The summed E-state index contributed by atoms with van der Waals surface area (Å²) in [5, 5.41) is 2.18. The molecular weight excluding hydrogens is 355 g/mol. The molecule has 0 bridgehead atoms. The lowest BCUT2D eigenvalue weighted by molar-refractivity contribution is 0.552. The number of nitrogens with two attached hydrogens (primary N) is 1. The second-order valence-electron chi connectivity index (χ2n) is 4.54. The Labute approximate surface area is 126 Å². The van der Waals surface area contributed by atoms with E-state index in [0.29, 0.717) is 0 Å². The first-order valence-electron chi connectivity index (χ1n) is 5.86. The Morgan fingerprint density at radius 1 is 1.33 bits per heavy atom. The fourth-order valence-electron chi connectivity index (χ4n) is 2.02. The summed E-state index contributed by atoms with van der Waals surface area (Å²) in [6.45, 7) is 4.28. The van der Waals surface area contributed by atoms with Gasteiger partial charge in [-0.3, -0.25) is 11.3 Å². The van der Waals surface area contributed by atoms with E-state index in [2.05, 4.69) is 71.5 Å². The summed E-state index contributed by atoms with van der Waals surface area (Å²) in [6, 6.07) is 8.95. The summed E-state index contributed by atoms with van der Waals surface area (Å²) in [6.07, 6.45) is 0.927. The standard InChI is InChI=1S/C14H17IN2S/c1-9-3-4-10(2)11(5-9)6-13(17-16)12-7-14(15)18-8-12/h3-5,7-8,13,17H,6,16H2,1-2H3. The highest BCUT2D eigenvalue weighted by atomic mass is 127. The molecule has 0 radical (unpaired) electrons. The number of hydrogen-bond acceptors (Lipinski definition) is 3. The zero-order chi connectivity index (χ0) is 13.1. The van der Waals surface area contributed by atoms with Gasteiger partial charge in [-0.1, -0.05) is 23.8 Å². The number of hydrazine groups is 1. The van der Waals surface area contributed by atoms with Gasteiger partial charge < -0.3 is 0 Å². The maximum absolute atomic E-state index is 5.70. The van der Waals surface area contributed by atoms with Gasteiger partial charge in [0, 0.05) is 0 Å². The molecule has 0 aliphatic rings. The summed E-state index contributed by atoms with van der Waals surface area (Å²) in [4.78, 5) is 0. The number of benzene rings is 1. The third-order valence-corrected chi connectivity index (χ3v) is 4.93. The van der Waals surface area contributed by atoms with Crippen LogP contribution in [-0.4, -0.2) is 0 Å². The maximum Gasteiger partial charge on any atom is 0.0656 e. The van der Waals surface area contributed by atoms with Crippen LogP contribution >= 0.6 is 33.9 Å². The minimum Gasteiger partial charge on any atom is -0.271 e. The lowest BCUT2D eigenvalue weighted by Crippen LogP contribution is -2.29. The third kappa shape index (κ3) is 3.32. The zero-order valence-corrected chi connectivity index (χ0v) is 13.5. The fraction of sp³-hybridized carbons (Fsp3) is 0.286. The lowest BCUT2D eigenvalue weighted by atomic mass is 9.96. The molecule has 1 aromatic carbocycles. The van der Waals surface area contributed by atoms with E-state index < -0.39 is 0 Å². The summed E-state index contributed by atoms with van der Waals surface area (Å²) in [5.41, 5.74) is 8.18. The quantitative estimate of drug-likeness (QED) is 0.488. The van der Waals surface area contributed by atoms with Gasteiger partial charge in [0.05, 0.1) is 8.93 Å². The number of aryl methyl sites for hydroxylation is 2. The number of halogens is 1. The molecule has 2 aromatic rings. The Bertz CT molecular complexity index is 536. The molecule has 2 nitrogen and oxygen atoms in total. The minimum absolute atomic E-state index is 0.185. The van der Waals surface area contributed by atoms with E-state index in [1.165, 1.54) is 25.1 Å². The van der Waals surface area contributed by atoms with Gasteiger partial charge in [-0.15, -0.1) is 11.3 Å². The van der Waals surface area contributed by atoms with Crippen molar-refractivity contribution < 1.29 is 0 Å². The van der Waals surface area contributed by atoms with Crippen LogP contribution in [0.15, 0.2) is 29.6 Å². The first-order chi connectivity index (χ1) is 8.60. The van der Waals surface area contributed by atoms with E-state index >= 15 is 0 Å². The van der Waals surface area contributed by atoms with Crippen LogP contribution < -0.4 is 11.3 Å². The molecule has 1 atom stereocenters. The van der Waals surface area contributed by atoms with Crippen molar-refractivity contribution in [3.05, 3.63) is 54.8 Å². The van der Waals surface area contributed by atoms with Crippen molar-refractivity contribution >= 4 is 33.9 Å². The predicted molar refractivity (Wildman–Crippen MR) is 86.7 cm³/mol. The van der Waals surface area contributed by atoms with Crippen LogP contribution in [0.25, 0.3) is 0 Å². The van der Waals surface area contributed by atoms with E-state index in [4.69, 9.17) is 5.84 Å². The van der Waals surface area contributed by atoms with E-state index in [0.717, 1.165) is 6.42 Å². The molecule has 3 N–H and O–H groups in total. The highest BCUT2D eigenvalue weighted by Gasteiger charge is 2.13. The summed E-state index contributed by atoms with van der Waals surface area (Å²) in [5.74, 6) is 5.70. The molecule has 2 rings (SSSR count). The average molecular weight is 372 g/mol. The molecule has 0 aliphatic carbocycles. The van der Waals surface area contributed by atoms with Gasteiger partial charge >= 0.3 is 0 Å². The molecule has 4 heteroatoms. The van der Waals surface area contributed by atoms with E-state index in [9.17, 15) is 0 Å². The molecule has 0 amide bonds. The van der Waals surface area contributed by atoms with Crippen molar-refractivity contribution in [3.63, 3.8) is 0 Å². The Morgan fingerprint density at radius 3 is 2.72 bits per heavy atom. The molecule has 96 valence electrons. The number of nitrogens with one attached hydrogen (secondary N) is 1. The largest absolute Gasteiger partial charge is 0.271 e. The predicted octanol–water partition coefficient (Wildman–Crippen LogP) is 3.72. The number of hydrogen-bond donors (Lipinski definition) is 2. The molecule has 18 heavy (non-hydrogen) atoms. The summed E-state index contributed by atoms with van der Waals surface area (Å²) >= 11 is 4.10. The van der Waals surface area contributed by atoms with Gasteiger partial charge in [0.1, 0.15) is 0 Å². The molecular formula is C14H17IN2S. The van der Waals surface area contributed by atoms with Gasteiger partial charge in [-0.25, -0.2) is 0 Å². The first-order valence-corrected chi connectivity index (χ1v) is 7.82. The van der Waals surface area contributed by atoms with Gasteiger partial charge in [0.15, 0.2) is 0 Å². The molecule has 0 saturated carbocycles. The Balaban J connectivity index is 2.22. The maximum atomic E-state index is 5.70. The van der Waals surface area contributed by atoms with Gasteiger partial charge in [-0.2, -0.15) is 0 Å². The van der Waals surface area contributed by atoms with Crippen molar-refractivity contribution in [1.82, 2.24) is 5.43 Å². The molecule has 0 saturated heterocycles. The SMILES string of the molecule is Cc1ccc(C)c(CC(NN)c2csc(I)c2)c1. The molecule has 1 aromatic heterocycles. The van der Waals surface area contributed by atoms with Gasteiger partial charge in [0.2, 0.25) is 0 Å². The topological polar surface area (TPSA) is 38.0 Å². The second kappa shape index (κ2) is 6.14. The van der Waals surface area contributed by atoms with E-state index in [1.807, 2.05) is 0 Å². The summed E-state index contributed by atoms with van der Waals surface area (Å²) in [7, 11) is 0. The molecule has 0 aliphatic heterocycles. The van der Waals surface area contributed by atoms with Crippen molar-refractivity contribution in [1.29, 1.82) is 0 Å². The average Bonchev–Trinajstić information content (AvgIpc) is 2.77. The summed E-state index contributed by atoms with van der Waals surface area (Å²) < 4.78 is 1.30. The van der Waals surface area contributed by atoms with E-state index in [-0.39, 0.29) is 6.04 Å². The van der Waals surface area contributed by atoms with E-state index in [1.54, 1.807) is 11.3 Å². The van der Waals surface area contributed by atoms with Crippen molar-refractivity contribution in [2.75, 3.05) is 0 Å². The first kappa shape index (κ1) is 14.0. The smallest absolute Gasteiger partial charge is 0.0656 e. The Morgan fingerprint density at radius 2 is 2.11 bits per heavy atom. The monoisotopic (exact) mass is 372 g/mol. The van der Waals surface area contributed by atoms with Crippen LogP contribution in [0.3, 0.4) is 0 Å². The second-order valence-corrected chi connectivity index (χ2v) is 7.34. The minimum atomic E-state index is 0.185. The molecule has 0 spiro atoms. The highest BCUT2D eigenvalue weighted by molar-refractivity contribution is 14.1. The molecule has 0 fully saturated rings. The van der Waals surface area contributed by atoms with Crippen LogP contribution in [0.1, 0.15) is 28.3 Å². The van der Waals surface area contributed by atoms with Gasteiger partial charge in [-0.05, 0) is 71.0 Å². The van der Waals surface area contributed by atoms with Crippen LogP contribution in [0, 0.1) is 16.7 Å². The fourth-order valence-corrected chi connectivity index (χ4v) is 3.45. The van der Waals surface area contributed by atoms with Crippen molar-refractivity contribution in [2.45, 2.75) is 26.3 Å². The number of rotatable bonds is 4. The molecule has 1 unspecified atom stereocenters. The normalized spacial score (nSPS) is 12.7. The number of thiophene rings is 1. The van der Waals surface area contributed by atoms with Crippen LogP contribution in [0.5, 0.6) is 0 Å². The Hall–Kier alpha value is -0.430. The third-order valence-electron chi connectivity index (χ3n) is 3.12. The zero-order valence-electron chi connectivity index (χ0n) is 10.5. The van der Waals surface area contributed by atoms with Crippen LogP contribution in [-0.2, 0) is 6.42 Å². The van der Waals surface area contributed by atoms with Crippen LogP contribution in [0.4, 0.5) is 0 Å². The highest BCUT2D eigenvalue weighted by Crippen LogP contribution is 2.25. The van der Waals surface area contributed by atoms with Gasteiger partial charge in [0.25, 0.3) is 0 Å².